The van der Waals surface area contributed by atoms with E-state index in [2.05, 4.69) is 16.7 Å². The van der Waals surface area contributed by atoms with Gasteiger partial charge in [0.2, 0.25) is 5.91 Å². The zero-order valence-corrected chi connectivity index (χ0v) is 14.4. The standard InChI is InChI=1S/C18H21N3O2S/c1-2-15(11-22)21-18(23)8-13-3-5-16(6-4-13)20-10-17-7-14(9-19)12-24-17/h3-7,12,15,20,22H,2,8,10-11H2,1H3,(H,21,23). The number of nitrogens with zero attached hydrogens (tertiary/aromatic N) is 1. The predicted octanol–water partition coefficient (Wildman–Crippen LogP) is 2.66. The normalized spacial score (nSPS) is 11.5. The average Bonchev–Trinajstić information content (AvgIpc) is 3.07. The number of aliphatic hydroxyl groups excluding tert-OH is 1. The Bertz CT molecular complexity index is 700. The van der Waals surface area contributed by atoms with E-state index in [-0.39, 0.29) is 18.6 Å². The number of aliphatic hydroxyl groups is 1. The summed E-state index contributed by atoms with van der Waals surface area (Å²) >= 11 is 1.56. The molecular weight excluding hydrogens is 322 g/mol. The molecule has 126 valence electrons. The van der Waals surface area contributed by atoms with Gasteiger partial charge < -0.3 is 15.7 Å². The van der Waals surface area contributed by atoms with E-state index in [1.165, 1.54) is 0 Å². The van der Waals surface area contributed by atoms with Crippen LogP contribution in [-0.2, 0) is 17.8 Å². The molecule has 1 aromatic heterocycles. The van der Waals surface area contributed by atoms with Gasteiger partial charge in [-0.05, 0) is 30.2 Å². The smallest absolute Gasteiger partial charge is 0.224 e. The minimum atomic E-state index is -0.178. The molecule has 0 saturated carbocycles. The van der Waals surface area contributed by atoms with E-state index in [4.69, 9.17) is 10.4 Å². The number of benzene rings is 1. The Morgan fingerprint density at radius 3 is 2.71 bits per heavy atom. The second kappa shape index (κ2) is 9.06. The summed E-state index contributed by atoms with van der Waals surface area (Å²) in [6.45, 7) is 2.55. The molecule has 0 aliphatic rings. The molecule has 1 aromatic carbocycles. The SMILES string of the molecule is CCC(CO)NC(=O)Cc1ccc(NCc2cc(C#N)cs2)cc1. The Balaban J connectivity index is 1.84. The largest absolute Gasteiger partial charge is 0.394 e. The van der Waals surface area contributed by atoms with Gasteiger partial charge in [0.1, 0.15) is 6.07 Å². The number of anilines is 1. The Morgan fingerprint density at radius 1 is 1.38 bits per heavy atom. The Hall–Kier alpha value is -2.36. The van der Waals surface area contributed by atoms with E-state index in [0.717, 1.165) is 16.1 Å². The van der Waals surface area contributed by atoms with Gasteiger partial charge in [0.15, 0.2) is 0 Å². The Morgan fingerprint density at radius 2 is 2.12 bits per heavy atom. The topological polar surface area (TPSA) is 85.2 Å². The van der Waals surface area contributed by atoms with Gasteiger partial charge in [-0.3, -0.25) is 4.79 Å². The van der Waals surface area contributed by atoms with Gasteiger partial charge in [-0.1, -0.05) is 19.1 Å². The molecule has 0 saturated heterocycles. The fourth-order valence-electron chi connectivity index (χ4n) is 2.20. The fourth-order valence-corrected chi connectivity index (χ4v) is 2.95. The molecule has 24 heavy (non-hydrogen) atoms. The van der Waals surface area contributed by atoms with Gasteiger partial charge in [0, 0.05) is 22.5 Å². The van der Waals surface area contributed by atoms with Crippen LogP contribution in [-0.4, -0.2) is 23.7 Å². The molecule has 0 spiro atoms. The number of rotatable bonds is 8. The summed E-state index contributed by atoms with van der Waals surface area (Å²) in [7, 11) is 0. The first-order valence-electron chi connectivity index (χ1n) is 7.85. The number of amides is 1. The van der Waals surface area contributed by atoms with Gasteiger partial charge in [-0.25, -0.2) is 0 Å². The summed E-state index contributed by atoms with van der Waals surface area (Å²) in [5.74, 6) is -0.0840. The molecule has 6 heteroatoms. The lowest BCUT2D eigenvalue weighted by atomic mass is 10.1. The van der Waals surface area contributed by atoms with Crippen LogP contribution in [0.2, 0.25) is 0 Å². The maximum Gasteiger partial charge on any atom is 0.224 e. The molecule has 1 heterocycles. The number of thiophene rings is 1. The van der Waals surface area contributed by atoms with Gasteiger partial charge in [-0.2, -0.15) is 5.26 Å². The number of carbonyl (C=O) groups excluding carboxylic acids is 1. The van der Waals surface area contributed by atoms with Crippen molar-refractivity contribution in [3.63, 3.8) is 0 Å². The van der Waals surface area contributed by atoms with Crippen molar-refractivity contribution in [1.82, 2.24) is 5.32 Å². The van der Waals surface area contributed by atoms with Crippen LogP contribution in [0.5, 0.6) is 0 Å². The van der Waals surface area contributed by atoms with Crippen LogP contribution in [0.4, 0.5) is 5.69 Å². The molecule has 2 rings (SSSR count). The summed E-state index contributed by atoms with van der Waals surface area (Å²) in [6.07, 6.45) is 1.01. The molecule has 1 amide bonds. The number of hydrogen-bond acceptors (Lipinski definition) is 5. The second-order valence-corrected chi connectivity index (χ2v) is 6.49. The van der Waals surface area contributed by atoms with Crippen molar-refractivity contribution >= 4 is 22.9 Å². The first kappa shape index (κ1) is 18.0. The van der Waals surface area contributed by atoms with Gasteiger partial charge in [0.25, 0.3) is 0 Å². The van der Waals surface area contributed by atoms with Crippen LogP contribution in [0.15, 0.2) is 35.7 Å². The summed E-state index contributed by atoms with van der Waals surface area (Å²) in [5.41, 5.74) is 2.58. The number of hydrogen-bond donors (Lipinski definition) is 3. The molecule has 1 unspecified atom stereocenters. The van der Waals surface area contributed by atoms with E-state index >= 15 is 0 Å². The van der Waals surface area contributed by atoms with E-state index in [9.17, 15) is 4.79 Å². The highest BCUT2D eigenvalue weighted by Crippen LogP contribution is 2.17. The fraction of sp³-hybridized carbons (Fsp3) is 0.333. The van der Waals surface area contributed by atoms with Gasteiger partial charge in [-0.15, -0.1) is 11.3 Å². The van der Waals surface area contributed by atoms with Gasteiger partial charge >= 0.3 is 0 Å². The Labute approximate surface area is 145 Å². The monoisotopic (exact) mass is 343 g/mol. The van der Waals surface area contributed by atoms with E-state index in [1.54, 1.807) is 11.3 Å². The highest BCUT2D eigenvalue weighted by atomic mass is 32.1. The lowest BCUT2D eigenvalue weighted by molar-refractivity contribution is -0.121. The second-order valence-electron chi connectivity index (χ2n) is 5.50. The van der Waals surface area contributed by atoms with E-state index < -0.39 is 0 Å². The maximum atomic E-state index is 11.9. The lowest BCUT2D eigenvalue weighted by Gasteiger charge is -2.14. The van der Waals surface area contributed by atoms with Crippen LogP contribution < -0.4 is 10.6 Å². The van der Waals surface area contributed by atoms with Crippen molar-refractivity contribution in [2.24, 2.45) is 0 Å². The minimum absolute atomic E-state index is 0.0403. The van der Waals surface area contributed by atoms with Crippen LogP contribution in [0.3, 0.4) is 0 Å². The van der Waals surface area contributed by atoms with Crippen molar-refractivity contribution < 1.29 is 9.90 Å². The van der Waals surface area contributed by atoms with Crippen molar-refractivity contribution in [3.8, 4) is 6.07 Å². The molecule has 0 fully saturated rings. The Kier molecular flexibility index (Phi) is 6.79. The summed E-state index contributed by atoms with van der Waals surface area (Å²) in [6, 6.07) is 11.5. The third-order valence-electron chi connectivity index (χ3n) is 3.65. The third-order valence-corrected chi connectivity index (χ3v) is 4.58. The quantitative estimate of drug-likeness (QED) is 0.688. The molecule has 1 atom stereocenters. The van der Waals surface area contributed by atoms with Crippen molar-refractivity contribution in [2.75, 3.05) is 11.9 Å². The number of carbonyl (C=O) groups is 1. The van der Waals surface area contributed by atoms with Crippen LogP contribution >= 0.6 is 11.3 Å². The highest BCUT2D eigenvalue weighted by Gasteiger charge is 2.09. The highest BCUT2D eigenvalue weighted by molar-refractivity contribution is 7.10. The lowest BCUT2D eigenvalue weighted by Crippen LogP contribution is -2.37. The zero-order chi connectivity index (χ0) is 17.4. The number of nitrogens with one attached hydrogen (secondary N) is 2. The maximum absolute atomic E-state index is 11.9. The first-order chi connectivity index (χ1) is 11.6. The molecule has 0 radical (unpaired) electrons. The van der Waals surface area contributed by atoms with Crippen molar-refractivity contribution in [1.29, 1.82) is 5.26 Å². The van der Waals surface area contributed by atoms with E-state index in [0.29, 0.717) is 24.9 Å². The summed E-state index contributed by atoms with van der Waals surface area (Å²) < 4.78 is 0. The number of nitriles is 1. The molecule has 0 aliphatic carbocycles. The molecule has 2 aromatic rings. The molecule has 0 aliphatic heterocycles. The van der Waals surface area contributed by atoms with Crippen molar-refractivity contribution in [3.05, 3.63) is 51.7 Å². The first-order valence-corrected chi connectivity index (χ1v) is 8.73. The average molecular weight is 343 g/mol. The van der Waals surface area contributed by atoms with Gasteiger partial charge in [0.05, 0.1) is 24.6 Å². The van der Waals surface area contributed by atoms with Crippen LogP contribution in [0, 0.1) is 11.3 Å². The zero-order valence-electron chi connectivity index (χ0n) is 13.6. The minimum Gasteiger partial charge on any atom is -0.394 e. The molecule has 0 bridgehead atoms. The van der Waals surface area contributed by atoms with Crippen LogP contribution in [0.1, 0.15) is 29.3 Å². The third kappa shape index (κ3) is 5.37. The van der Waals surface area contributed by atoms with Crippen LogP contribution in [0.25, 0.3) is 0 Å². The molecule has 3 N–H and O–H groups in total. The molecular formula is C18H21N3O2S. The molecule has 5 nitrogen and oxygen atoms in total. The van der Waals surface area contributed by atoms with E-state index in [1.807, 2.05) is 42.6 Å². The van der Waals surface area contributed by atoms with Crippen molar-refractivity contribution in [2.45, 2.75) is 32.4 Å². The summed E-state index contributed by atoms with van der Waals surface area (Å²) in [5, 5.41) is 25.9. The predicted molar refractivity (Wildman–Crippen MR) is 95.8 cm³/mol. The summed E-state index contributed by atoms with van der Waals surface area (Å²) in [4.78, 5) is 13.0.